The quantitative estimate of drug-likeness (QED) is 0.108. The highest BCUT2D eigenvalue weighted by Gasteiger charge is 2.34. The lowest BCUT2D eigenvalue weighted by Gasteiger charge is -2.32. The summed E-state index contributed by atoms with van der Waals surface area (Å²) in [4.78, 5) is 36.9. The predicted molar refractivity (Wildman–Crippen MR) is 195 cm³/mol. The summed E-state index contributed by atoms with van der Waals surface area (Å²) in [5, 5.41) is 7.65. The summed E-state index contributed by atoms with van der Waals surface area (Å²) in [5.41, 5.74) is -1.70. The highest BCUT2D eigenvalue weighted by molar-refractivity contribution is 7.19. The van der Waals surface area contributed by atoms with E-state index in [1.807, 2.05) is 0 Å². The van der Waals surface area contributed by atoms with Gasteiger partial charge in [0.2, 0.25) is 0 Å². The van der Waals surface area contributed by atoms with Crippen LogP contribution in [0.2, 0.25) is 4.34 Å². The van der Waals surface area contributed by atoms with Crippen molar-refractivity contribution < 1.29 is 41.0 Å². The minimum absolute atomic E-state index is 0.00227. The molecule has 280 valence electrons. The van der Waals surface area contributed by atoms with Crippen LogP contribution < -0.4 is 25.0 Å². The maximum Gasteiger partial charge on any atom is 0.416 e. The van der Waals surface area contributed by atoms with Crippen LogP contribution in [-0.4, -0.2) is 46.1 Å². The van der Waals surface area contributed by atoms with Gasteiger partial charge in [-0.2, -0.15) is 13.2 Å². The Labute approximate surface area is 314 Å². The second-order valence-electron chi connectivity index (χ2n) is 12.8. The number of amides is 2. The van der Waals surface area contributed by atoms with Crippen molar-refractivity contribution in [1.82, 2.24) is 9.97 Å². The van der Waals surface area contributed by atoms with Gasteiger partial charge >= 0.3 is 6.18 Å². The number of carbonyl (C=O) groups is 2. The summed E-state index contributed by atoms with van der Waals surface area (Å²) >= 11 is 8.24. The van der Waals surface area contributed by atoms with Crippen molar-refractivity contribution in [3.8, 4) is 11.5 Å². The molecule has 2 heterocycles. The van der Waals surface area contributed by atoms with E-state index in [0.717, 1.165) is 58.2 Å². The third-order valence-electron chi connectivity index (χ3n) is 7.50. The zero-order valence-electron chi connectivity index (χ0n) is 28.7. The number of nitrogens with one attached hydrogen (secondary N) is 2. The van der Waals surface area contributed by atoms with E-state index < -0.39 is 46.4 Å². The maximum absolute atomic E-state index is 14.2. The number of aromatic nitrogens is 2. The molecule has 9 nitrogen and oxygen atoms in total. The van der Waals surface area contributed by atoms with Crippen LogP contribution in [0.3, 0.4) is 0 Å². The van der Waals surface area contributed by atoms with Crippen molar-refractivity contribution in [3.63, 3.8) is 0 Å². The molecule has 0 fully saturated rings. The maximum atomic E-state index is 14.2. The summed E-state index contributed by atoms with van der Waals surface area (Å²) < 4.78 is 78.1. The molecule has 0 saturated heterocycles. The SMILES string of the molecule is CC(C)(CN(C(=O)c1csc(NC(=O)C(C)(C)Oc2ccc(F)cc2F)n1)c1ncc(Cl)s1)Oc1ccc(NCCc2ccc(C(F)(F)F)cc2)cc1. The number of anilines is 3. The molecule has 2 amide bonds. The molecule has 0 atom stereocenters. The molecular weight excluding hydrogens is 761 g/mol. The molecule has 17 heteroatoms. The summed E-state index contributed by atoms with van der Waals surface area (Å²) in [6.45, 7) is 6.89. The number of nitrogens with zero attached hydrogens (tertiary/aromatic N) is 3. The van der Waals surface area contributed by atoms with Crippen molar-refractivity contribution in [2.75, 3.05) is 28.6 Å². The number of ether oxygens (including phenoxy) is 2. The third-order valence-corrected chi connectivity index (χ3v) is 9.40. The standard InChI is InChI=1S/C36H33ClF5N5O4S2/c1-34(2,50-25-12-10-24(11-13-25)43-16-15-21-5-7-22(8-6-21)36(40,41)42)20-47(33-44-18-29(37)53-33)30(48)27-19-52-32(45-27)46-31(49)35(3,4)51-28-14-9-23(38)17-26(28)39/h5-14,17-19,43H,15-16,20H2,1-4H3,(H,45,46,49). The smallest absolute Gasteiger partial charge is 0.416 e. The first-order valence-electron chi connectivity index (χ1n) is 15.9. The van der Waals surface area contributed by atoms with Gasteiger partial charge in [0.1, 0.15) is 27.2 Å². The Hall–Kier alpha value is -4.80. The van der Waals surface area contributed by atoms with E-state index in [-0.39, 0.29) is 23.1 Å². The first kappa shape index (κ1) is 39.4. The van der Waals surface area contributed by atoms with Crippen LogP contribution in [0.1, 0.15) is 49.3 Å². The van der Waals surface area contributed by atoms with Crippen LogP contribution in [0, 0.1) is 11.6 Å². The van der Waals surface area contributed by atoms with E-state index in [9.17, 15) is 31.5 Å². The Morgan fingerprint density at radius 1 is 0.943 bits per heavy atom. The molecule has 0 aliphatic heterocycles. The molecule has 0 bridgehead atoms. The normalized spacial score (nSPS) is 12.0. The van der Waals surface area contributed by atoms with Gasteiger partial charge < -0.3 is 14.8 Å². The van der Waals surface area contributed by atoms with Gasteiger partial charge in [-0.1, -0.05) is 35.1 Å². The summed E-state index contributed by atoms with van der Waals surface area (Å²) in [5.74, 6) is -2.79. The Bertz CT molecular complexity index is 2050. The van der Waals surface area contributed by atoms with Gasteiger partial charge in [-0.3, -0.25) is 19.8 Å². The van der Waals surface area contributed by atoms with Gasteiger partial charge in [-0.15, -0.1) is 11.3 Å². The molecule has 0 unspecified atom stereocenters. The van der Waals surface area contributed by atoms with Crippen molar-refractivity contribution >= 4 is 62.0 Å². The average molecular weight is 794 g/mol. The van der Waals surface area contributed by atoms with Crippen molar-refractivity contribution in [2.24, 2.45) is 0 Å². The lowest BCUT2D eigenvalue weighted by Crippen LogP contribution is -2.46. The van der Waals surface area contributed by atoms with Crippen molar-refractivity contribution in [3.05, 3.63) is 111 Å². The molecule has 0 saturated carbocycles. The molecule has 3 aromatic carbocycles. The molecule has 0 radical (unpaired) electrons. The van der Waals surface area contributed by atoms with E-state index in [1.54, 1.807) is 38.1 Å². The number of hydrogen-bond acceptors (Lipinski definition) is 9. The average Bonchev–Trinajstić information content (AvgIpc) is 3.74. The van der Waals surface area contributed by atoms with Crippen LogP contribution in [0.25, 0.3) is 0 Å². The Morgan fingerprint density at radius 2 is 1.64 bits per heavy atom. The fourth-order valence-corrected chi connectivity index (χ4v) is 6.45. The minimum atomic E-state index is -4.38. The van der Waals surface area contributed by atoms with Crippen LogP contribution in [-0.2, 0) is 17.4 Å². The van der Waals surface area contributed by atoms with E-state index >= 15 is 0 Å². The lowest BCUT2D eigenvalue weighted by atomic mass is 10.1. The monoisotopic (exact) mass is 793 g/mol. The molecule has 0 aliphatic carbocycles. The topological polar surface area (TPSA) is 106 Å². The summed E-state index contributed by atoms with van der Waals surface area (Å²) in [7, 11) is 0. The molecule has 0 spiro atoms. The van der Waals surface area contributed by atoms with Gasteiger partial charge in [-0.05, 0) is 88.2 Å². The van der Waals surface area contributed by atoms with Gasteiger partial charge in [0.25, 0.3) is 11.8 Å². The van der Waals surface area contributed by atoms with Crippen LogP contribution in [0.4, 0.5) is 37.9 Å². The highest BCUT2D eigenvalue weighted by atomic mass is 35.5. The Kier molecular flexibility index (Phi) is 11.9. The fourth-order valence-electron chi connectivity index (χ4n) is 4.88. The largest absolute Gasteiger partial charge is 0.486 e. The Balaban J connectivity index is 1.20. The molecule has 5 rings (SSSR count). The van der Waals surface area contributed by atoms with Gasteiger partial charge in [-0.25, -0.2) is 18.7 Å². The summed E-state index contributed by atoms with van der Waals surface area (Å²) in [6.07, 6.45) is -2.44. The number of carbonyl (C=O) groups excluding carboxylic acids is 2. The van der Waals surface area contributed by atoms with Crippen LogP contribution in [0.5, 0.6) is 11.5 Å². The third kappa shape index (κ3) is 10.6. The molecule has 0 aliphatic rings. The zero-order chi connectivity index (χ0) is 38.6. The molecular formula is C36H33ClF5N5O4S2. The molecule has 2 aromatic heterocycles. The second kappa shape index (κ2) is 16.1. The van der Waals surface area contributed by atoms with Gasteiger partial charge in [0.15, 0.2) is 27.4 Å². The number of rotatable bonds is 14. The Morgan fingerprint density at radius 3 is 2.26 bits per heavy atom. The second-order valence-corrected chi connectivity index (χ2v) is 15.3. The first-order chi connectivity index (χ1) is 24.9. The molecule has 53 heavy (non-hydrogen) atoms. The number of halogens is 6. The van der Waals surface area contributed by atoms with E-state index in [0.29, 0.717) is 34.2 Å². The minimum Gasteiger partial charge on any atom is -0.486 e. The molecule has 2 N–H and O–H groups in total. The van der Waals surface area contributed by atoms with E-state index in [1.165, 1.54) is 42.5 Å². The fraction of sp³-hybridized carbons (Fsp3) is 0.278. The number of benzene rings is 3. The predicted octanol–water partition coefficient (Wildman–Crippen LogP) is 9.51. The lowest BCUT2D eigenvalue weighted by molar-refractivity contribution is -0.137. The summed E-state index contributed by atoms with van der Waals surface area (Å²) in [6, 6.07) is 14.9. The van der Waals surface area contributed by atoms with Gasteiger partial charge in [0.05, 0.1) is 18.3 Å². The van der Waals surface area contributed by atoms with Crippen molar-refractivity contribution in [2.45, 2.75) is 51.5 Å². The number of hydrogen-bond donors (Lipinski definition) is 2. The van der Waals surface area contributed by atoms with Crippen LogP contribution in [0.15, 0.2) is 78.3 Å². The highest BCUT2D eigenvalue weighted by Crippen LogP contribution is 2.32. The number of thiazole rings is 2. The zero-order valence-corrected chi connectivity index (χ0v) is 31.1. The van der Waals surface area contributed by atoms with Gasteiger partial charge in [0, 0.05) is 23.7 Å². The number of alkyl halides is 3. The van der Waals surface area contributed by atoms with Crippen LogP contribution >= 0.6 is 34.3 Å². The van der Waals surface area contributed by atoms with E-state index in [2.05, 4.69) is 20.6 Å². The molecule has 5 aromatic rings. The first-order valence-corrected chi connectivity index (χ1v) is 18.0. The van der Waals surface area contributed by atoms with E-state index in [4.69, 9.17) is 21.1 Å². The van der Waals surface area contributed by atoms with Crippen molar-refractivity contribution in [1.29, 1.82) is 0 Å².